The third-order valence-corrected chi connectivity index (χ3v) is 2.87. The molecular weight excluding hydrogens is 174 g/mol. The van der Waals surface area contributed by atoms with Crippen molar-refractivity contribution < 1.29 is 4.79 Å². The zero-order valence-electron chi connectivity index (χ0n) is 9.59. The summed E-state index contributed by atoms with van der Waals surface area (Å²) in [4.78, 5) is 13.7. The summed E-state index contributed by atoms with van der Waals surface area (Å²) in [6.45, 7) is 6.52. The summed E-state index contributed by atoms with van der Waals surface area (Å²) in [6, 6.07) is 0.853. The SMILES string of the molecule is CCCN(CCCC(=O)CC)C1CC1. The van der Waals surface area contributed by atoms with Crippen LogP contribution >= 0.6 is 0 Å². The molecule has 0 saturated heterocycles. The molecule has 14 heavy (non-hydrogen) atoms. The van der Waals surface area contributed by atoms with Gasteiger partial charge in [-0.05, 0) is 38.8 Å². The minimum atomic E-state index is 0.414. The highest BCUT2D eigenvalue weighted by Gasteiger charge is 2.27. The maximum Gasteiger partial charge on any atom is 0.132 e. The highest BCUT2D eigenvalue weighted by Crippen LogP contribution is 2.27. The van der Waals surface area contributed by atoms with Crippen molar-refractivity contribution in [2.45, 2.75) is 58.4 Å². The molecule has 0 atom stereocenters. The molecule has 0 radical (unpaired) electrons. The molecule has 1 aliphatic rings. The van der Waals surface area contributed by atoms with Crippen molar-refractivity contribution in [3.63, 3.8) is 0 Å². The minimum absolute atomic E-state index is 0.414. The van der Waals surface area contributed by atoms with Gasteiger partial charge in [-0.2, -0.15) is 0 Å². The van der Waals surface area contributed by atoms with E-state index in [0.29, 0.717) is 12.2 Å². The Balaban J connectivity index is 2.10. The van der Waals surface area contributed by atoms with Gasteiger partial charge in [0, 0.05) is 18.9 Å². The molecule has 0 heterocycles. The summed E-state index contributed by atoms with van der Waals surface area (Å²) in [5.41, 5.74) is 0. The average Bonchev–Trinajstić information content (AvgIpc) is 2.99. The number of rotatable bonds is 8. The lowest BCUT2D eigenvalue weighted by Gasteiger charge is -2.20. The first-order valence-corrected chi connectivity index (χ1v) is 6.03. The molecule has 0 aliphatic heterocycles. The van der Waals surface area contributed by atoms with Gasteiger partial charge in [-0.25, -0.2) is 0 Å². The molecule has 0 amide bonds. The molecule has 0 aromatic heterocycles. The van der Waals surface area contributed by atoms with E-state index in [1.807, 2.05) is 6.92 Å². The first-order chi connectivity index (χ1) is 6.77. The third kappa shape index (κ3) is 4.23. The number of hydrogen-bond acceptors (Lipinski definition) is 2. The number of carbonyl (C=O) groups is 1. The molecule has 82 valence electrons. The molecule has 2 heteroatoms. The van der Waals surface area contributed by atoms with Crippen LogP contribution in [0.4, 0.5) is 0 Å². The molecule has 2 nitrogen and oxygen atoms in total. The Labute approximate surface area is 87.7 Å². The van der Waals surface area contributed by atoms with Crippen molar-refractivity contribution in [2.75, 3.05) is 13.1 Å². The molecule has 1 saturated carbocycles. The Kier molecular flexibility index (Phi) is 5.16. The van der Waals surface area contributed by atoms with Crippen LogP contribution in [0.3, 0.4) is 0 Å². The van der Waals surface area contributed by atoms with Crippen molar-refractivity contribution in [3.8, 4) is 0 Å². The van der Waals surface area contributed by atoms with Crippen LogP contribution in [0.2, 0.25) is 0 Å². The predicted octanol–water partition coefficient (Wildman–Crippen LogP) is 2.62. The van der Waals surface area contributed by atoms with Gasteiger partial charge in [0.2, 0.25) is 0 Å². The Hall–Kier alpha value is -0.370. The molecular formula is C12H23NO. The number of ketones is 1. The lowest BCUT2D eigenvalue weighted by molar-refractivity contribution is -0.118. The summed E-state index contributed by atoms with van der Waals surface area (Å²) in [5.74, 6) is 0.414. The van der Waals surface area contributed by atoms with E-state index in [4.69, 9.17) is 0 Å². The van der Waals surface area contributed by atoms with Crippen LogP contribution in [0.5, 0.6) is 0 Å². The highest BCUT2D eigenvalue weighted by molar-refractivity contribution is 5.77. The summed E-state index contributed by atoms with van der Waals surface area (Å²) >= 11 is 0. The van der Waals surface area contributed by atoms with Crippen LogP contribution < -0.4 is 0 Å². The Morgan fingerprint density at radius 3 is 2.50 bits per heavy atom. The van der Waals surface area contributed by atoms with Crippen molar-refractivity contribution in [2.24, 2.45) is 0 Å². The van der Waals surface area contributed by atoms with Crippen LogP contribution in [-0.4, -0.2) is 29.8 Å². The average molecular weight is 197 g/mol. The van der Waals surface area contributed by atoms with Crippen LogP contribution in [0.25, 0.3) is 0 Å². The Morgan fingerprint density at radius 2 is 2.00 bits per heavy atom. The van der Waals surface area contributed by atoms with Crippen molar-refractivity contribution >= 4 is 5.78 Å². The maximum absolute atomic E-state index is 11.1. The quantitative estimate of drug-likeness (QED) is 0.596. The van der Waals surface area contributed by atoms with E-state index in [9.17, 15) is 4.79 Å². The standard InChI is InChI=1S/C12H23NO/c1-3-9-13(11-7-8-11)10-5-6-12(14)4-2/h11H,3-10H2,1-2H3. The van der Waals surface area contributed by atoms with E-state index in [1.54, 1.807) is 0 Å². The van der Waals surface area contributed by atoms with Gasteiger partial charge in [0.1, 0.15) is 5.78 Å². The van der Waals surface area contributed by atoms with Crippen LogP contribution in [0, 0.1) is 0 Å². The van der Waals surface area contributed by atoms with Gasteiger partial charge in [0.05, 0.1) is 0 Å². The molecule has 0 N–H and O–H groups in total. The van der Waals surface area contributed by atoms with Crippen molar-refractivity contribution in [1.82, 2.24) is 4.90 Å². The minimum Gasteiger partial charge on any atom is -0.300 e. The fourth-order valence-electron chi connectivity index (χ4n) is 1.86. The summed E-state index contributed by atoms with van der Waals surface area (Å²) < 4.78 is 0. The first kappa shape index (κ1) is 11.7. The Morgan fingerprint density at radius 1 is 1.29 bits per heavy atom. The second-order valence-corrected chi connectivity index (χ2v) is 4.26. The van der Waals surface area contributed by atoms with Gasteiger partial charge in [-0.3, -0.25) is 4.79 Å². The largest absolute Gasteiger partial charge is 0.300 e. The predicted molar refractivity (Wildman–Crippen MR) is 59.4 cm³/mol. The zero-order valence-corrected chi connectivity index (χ0v) is 9.59. The van der Waals surface area contributed by atoms with E-state index >= 15 is 0 Å². The lowest BCUT2D eigenvalue weighted by Crippen LogP contribution is -2.28. The molecule has 1 aliphatic carbocycles. The first-order valence-electron chi connectivity index (χ1n) is 6.03. The maximum atomic E-state index is 11.1. The monoisotopic (exact) mass is 197 g/mol. The van der Waals surface area contributed by atoms with Gasteiger partial charge >= 0.3 is 0 Å². The molecule has 0 aromatic rings. The second-order valence-electron chi connectivity index (χ2n) is 4.26. The van der Waals surface area contributed by atoms with Crippen molar-refractivity contribution in [1.29, 1.82) is 0 Å². The highest BCUT2D eigenvalue weighted by atomic mass is 16.1. The smallest absolute Gasteiger partial charge is 0.132 e. The lowest BCUT2D eigenvalue weighted by atomic mass is 10.2. The molecule has 0 spiro atoms. The van der Waals surface area contributed by atoms with Gasteiger partial charge in [0.25, 0.3) is 0 Å². The van der Waals surface area contributed by atoms with E-state index < -0.39 is 0 Å². The van der Waals surface area contributed by atoms with Gasteiger partial charge in [-0.1, -0.05) is 13.8 Å². The summed E-state index contributed by atoms with van der Waals surface area (Å²) in [5, 5.41) is 0. The number of nitrogens with zero attached hydrogens (tertiary/aromatic N) is 1. The molecule has 0 unspecified atom stereocenters. The fourth-order valence-corrected chi connectivity index (χ4v) is 1.86. The van der Waals surface area contributed by atoms with E-state index in [1.165, 1.54) is 25.8 Å². The normalized spacial score (nSPS) is 16.2. The van der Waals surface area contributed by atoms with Crippen LogP contribution in [0.15, 0.2) is 0 Å². The molecule has 0 aromatic carbocycles. The summed E-state index contributed by atoms with van der Waals surface area (Å²) in [6.07, 6.45) is 6.53. The van der Waals surface area contributed by atoms with E-state index in [0.717, 1.165) is 25.4 Å². The second kappa shape index (κ2) is 6.18. The van der Waals surface area contributed by atoms with Gasteiger partial charge < -0.3 is 4.90 Å². The number of hydrogen-bond donors (Lipinski definition) is 0. The summed E-state index contributed by atoms with van der Waals surface area (Å²) in [7, 11) is 0. The zero-order chi connectivity index (χ0) is 10.4. The van der Waals surface area contributed by atoms with Gasteiger partial charge in [-0.15, -0.1) is 0 Å². The topological polar surface area (TPSA) is 20.3 Å². The Bertz CT molecular complexity index is 175. The van der Waals surface area contributed by atoms with Crippen LogP contribution in [0.1, 0.15) is 52.4 Å². The van der Waals surface area contributed by atoms with E-state index in [-0.39, 0.29) is 0 Å². The molecule has 1 fully saturated rings. The van der Waals surface area contributed by atoms with E-state index in [2.05, 4.69) is 11.8 Å². The van der Waals surface area contributed by atoms with Crippen LogP contribution in [-0.2, 0) is 4.79 Å². The molecule has 1 rings (SSSR count). The molecule has 0 bridgehead atoms. The third-order valence-electron chi connectivity index (χ3n) is 2.87. The number of Topliss-reactive ketones (excluding diaryl/α,β-unsaturated/α-hetero) is 1. The fraction of sp³-hybridized carbons (Fsp3) is 0.917. The number of carbonyl (C=O) groups excluding carboxylic acids is 1. The van der Waals surface area contributed by atoms with Crippen molar-refractivity contribution in [3.05, 3.63) is 0 Å². The van der Waals surface area contributed by atoms with Gasteiger partial charge in [0.15, 0.2) is 0 Å².